The zero-order valence-corrected chi connectivity index (χ0v) is 12.3. The van der Waals surface area contributed by atoms with Crippen molar-refractivity contribution in [3.63, 3.8) is 0 Å². The normalized spacial score (nSPS) is 28.4. The van der Waals surface area contributed by atoms with E-state index in [9.17, 15) is 20.3 Å². The van der Waals surface area contributed by atoms with E-state index in [1.165, 1.54) is 0 Å². The van der Waals surface area contributed by atoms with E-state index in [0.29, 0.717) is 12.1 Å². The first-order chi connectivity index (χ1) is 8.64. The van der Waals surface area contributed by atoms with Crippen molar-refractivity contribution in [2.75, 3.05) is 6.26 Å². The van der Waals surface area contributed by atoms with Crippen LogP contribution in [0.3, 0.4) is 0 Å². The molecule has 1 aliphatic carbocycles. The van der Waals surface area contributed by atoms with Crippen molar-refractivity contribution in [1.82, 2.24) is 0 Å². The molecule has 2 unspecified atom stereocenters. The summed E-state index contributed by atoms with van der Waals surface area (Å²) in [6.07, 6.45) is -0.375. The Morgan fingerprint density at radius 1 is 1.20 bits per heavy atom. The summed E-state index contributed by atoms with van der Waals surface area (Å²) in [6, 6.07) is 3.17. The van der Waals surface area contributed by atoms with Crippen LogP contribution in [0.1, 0.15) is 11.5 Å². The van der Waals surface area contributed by atoms with Crippen LogP contribution in [0, 0.1) is 5.92 Å². The van der Waals surface area contributed by atoms with Crippen LogP contribution in [0.4, 0.5) is 15.5 Å². The molecule has 1 saturated carbocycles. The van der Waals surface area contributed by atoms with Gasteiger partial charge in [0.05, 0.1) is 17.1 Å². The monoisotopic (exact) mass is 352 g/mol. The van der Waals surface area contributed by atoms with Crippen molar-refractivity contribution in [3.05, 3.63) is 29.8 Å². The summed E-state index contributed by atoms with van der Waals surface area (Å²) in [7, 11) is -8.23. The van der Waals surface area contributed by atoms with Gasteiger partial charge in [0.1, 0.15) is 4.33 Å². The number of carboxylic acid groups (broad SMARTS) is 1. The topological polar surface area (TPSA) is 37.3 Å². The second-order valence-corrected chi connectivity index (χ2v) is 9.89. The van der Waals surface area contributed by atoms with Crippen molar-refractivity contribution in [1.29, 1.82) is 0 Å². The van der Waals surface area contributed by atoms with E-state index in [4.69, 9.17) is 28.3 Å². The minimum absolute atomic E-state index is 0.230. The Bertz CT molecular complexity index is 583. The molecule has 0 radical (unpaired) electrons. The molecular weight excluding hydrogens is 343 g/mol. The lowest BCUT2D eigenvalue weighted by molar-refractivity contribution is -0.138. The third-order valence-electron chi connectivity index (χ3n) is 3.15. The summed E-state index contributed by atoms with van der Waals surface area (Å²) < 4.78 is 51.1. The van der Waals surface area contributed by atoms with Crippen molar-refractivity contribution in [3.8, 4) is 0 Å². The SMILES string of the molecule is CS(F)(F)(F)(F)c1ccc(C2C(C(=O)O)C2(Cl)Cl)cc1. The summed E-state index contributed by atoms with van der Waals surface area (Å²) in [5.74, 6) is -3.14. The van der Waals surface area contributed by atoms with E-state index in [1.54, 1.807) is 0 Å². The van der Waals surface area contributed by atoms with Crippen LogP contribution in [-0.4, -0.2) is 21.7 Å². The van der Waals surface area contributed by atoms with Crippen LogP contribution in [0.15, 0.2) is 29.2 Å². The molecule has 2 rings (SSSR count). The fourth-order valence-corrected chi connectivity index (χ4v) is 3.70. The van der Waals surface area contributed by atoms with E-state index in [0.717, 1.165) is 12.1 Å². The van der Waals surface area contributed by atoms with Gasteiger partial charge in [-0.3, -0.25) is 4.79 Å². The molecule has 0 amide bonds. The van der Waals surface area contributed by atoms with Crippen molar-refractivity contribution in [2.24, 2.45) is 5.92 Å². The molecule has 0 saturated heterocycles. The largest absolute Gasteiger partial charge is 0.481 e. The van der Waals surface area contributed by atoms with Crippen LogP contribution < -0.4 is 0 Å². The minimum atomic E-state index is -8.23. The molecule has 2 nitrogen and oxygen atoms in total. The third kappa shape index (κ3) is 2.71. The van der Waals surface area contributed by atoms with Crippen molar-refractivity contribution >= 4 is 39.0 Å². The third-order valence-corrected chi connectivity index (χ3v) is 5.55. The zero-order valence-electron chi connectivity index (χ0n) is 10.00. The molecule has 1 N–H and O–H groups in total. The van der Waals surface area contributed by atoms with Crippen molar-refractivity contribution < 1.29 is 25.4 Å². The predicted molar refractivity (Wildman–Crippen MR) is 71.0 cm³/mol. The number of rotatable bonds is 3. The van der Waals surface area contributed by atoms with Crippen LogP contribution >= 0.6 is 33.0 Å². The Kier molecular flexibility index (Phi) is 2.80. The molecule has 0 aromatic heterocycles. The van der Waals surface area contributed by atoms with Crippen LogP contribution in [-0.2, 0) is 4.79 Å². The number of halogens is 6. The van der Waals surface area contributed by atoms with Crippen LogP contribution in [0.5, 0.6) is 0 Å². The van der Waals surface area contributed by atoms with Gasteiger partial charge in [-0.1, -0.05) is 35.3 Å². The second kappa shape index (κ2) is 3.56. The summed E-state index contributed by atoms with van der Waals surface area (Å²) in [4.78, 5) is 9.51. The summed E-state index contributed by atoms with van der Waals surface area (Å²) in [5, 5.41) is 8.88. The molecule has 0 bridgehead atoms. The number of alkyl halides is 2. The smallest absolute Gasteiger partial charge is 0.310 e. The zero-order chi connectivity index (χ0) is 15.6. The lowest BCUT2D eigenvalue weighted by Crippen LogP contribution is -2.10. The number of benzene rings is 1. The second-order valence-electron chi connectivity index (χ2n) is 5.02. The molecule has 1 aromatic rings. The molecule has 0 aliphatic heterocycles. The molecule has 114 valence electrons. The highest BCUT2D eigenvalue weighted by Gasteiger charge is 2.68. The first-order valence-corrected chi connectivity index (χ1v) is 8.56. The van der Waals surface area contributed by atoms with E-state index < -0.39 is 36.9 Å². The molecular formula is C11H10Cl2F4O2S. The van der Waals surface area contributed by atoms with E-state index >= 15 is 0 Å². The van der Waals surface area contributed by atoms with E-state index in [-0.39, 0.29) is 11.8 Å². The molecule has 20 heavy (non-hydrogen) atoms. The van der Waals surface area contributed by atoms with Gasteiger partial charge in [0.15, 0.2) is 9.84 Å². The first-order valence-electron chi connectivity index (χ1n) is 5.34. The average Bonchev–Trinajstić information content (AvgIpc) is 2.78. The highest BCUT2D eigenvalue weighted by Crippen LogP contribution is 2.98. The Hall–Kier alpha value is -0.660. The van der Waals surface area contributed by atoms with Crippen LogP contribution in [0.25, 0.3) is 0 Å². The van der Waals surface area contributed by atoms with Gasteiger partial charge in [-0.25, -0.2) is 0 Å². The maximum absolute atomic E-state index is 13.2. The lowest BCUT2D eigenvalue weighted by Gasteiger charge is -2.46. The lowest BCUT2D eigenvalue weighted by atomic mass is 10.1. The Morgan fingerprint density at radius 2 is 1.65 bits per heavy atom. The molecule has 9 heteroatoms. The van der Waals surface area contributed by atoms with Gasteiger partial charge in [-0.2, -0.15) is 0 Å². The fraction of sp³-hybridized carbons (Fsp3) is 0.364. The van der Waals surface area contributed by atoms with Gasteiger partial charge in [0.2, 0.25) is 0 Å². The standard InChI is InChI=1S/C11H10Cl2F4O2S/c1-20(14,15,16,17)7-4-2-6(3-5-7)8-9(10(18)19)11(8,12)13/h2-5,8-9H,1H3,(H,18,19). The summed E-state index contributed by atoms with van der Waals surface area (Å²) in [5.41, 5.74) is 0.230. The van der Waals surface area contributed by atoms with Crippen LogP contribution in [0.2, 0.25) is 0 Å². The average molecular weight is 353 g/mol. The maximum Gasteiger partial charge on any atom is 0.310 e. The highest BCUT2D eigenvalue weighted by atomic mass is 35.5. The molecule has 1 aromatic carbocycles. The molecule has 0 heterocycles. The Labute approximate surface area is 122 Å². The first kappa shape index (κ1) is 15.7. The summed E-state index contributed by atoms with van der Waals surface area (Å²) >= 11 is 11.6. The van der Waals surface area contributed by atoms with Crippen molar-refractivity contribution in [2.45, 2.75) is 15.1 Å². The summed E-state index contributed by atoms with van der Waals surface area (Å²) in [6.45, 7) is 0. The number of hydrogen-bond donors (Lipinski definition) is 1. The minimum Gasteiger partial charge on any atom is -0.481 e. The number of carbonyl (C=O) groups is 1. The van der Waals surface area contributed by atoms with Gasteiger partial charge in [0, 0.05) is 5.92 Å². The Balaban J connectivity index is 2.35. The number of hydrogen-bond acceptors (Lipinski definition) is 1. The molecule has 2 atom stereocenters. The van der Waals surface area contributed by atoms with Gasteiger partial charge in [-0.15, -0.1) is 15.5 Å². The van der Waals surface area contributed by atoms with Gasteiger partial charge < -0.3 is 5.11 Å². The maximum atomic E-state index is 13.2. The Morgan fingerprint density at radius 3 is 1.95 bits per heavy atom. The van der Waals surface area contributed by atoms with E-state index in [1.807, 2.05) is 0 Å². The molecule has 1 aliphatic rings. The predicted octanol–water partition coefficient (Wildman–Crippen LogP) is 5.06. The van der Waals surface area contributed by atoms with Gasteiger partial charge in [-0.05, 0) is 17.7 Å². The van der Waals surface area contributed by atoms with Gasteiger partial charge >= 0.3 is 5.97 Å². The quantitative estimate of drug-likeness (QED) is 0.609. The molecule has 0 spiro atoms. The fourth-order valence-electron chi connectivity index (χ4n) is 2.07. The van der Waals surface area contributed by atoms with Gasteiger partial charge in [0.25, 0.3) is 0 Å². The molecule has 1 fully saturated rings. The number of carboxylic acids is 1. The van der Waals surface area contributed by atoms with E-state index in [2.05, 4.69) is 0 Å². The highest BCUT2D eigenvalue weighted by molar-refractivity contribution is 8.49. The number of aliphatic carboxylic acids is 1.